The number of fused-ring (bicyclic) bond motifs is 1. The summed E-state index contributed by atoms with van der Waals surface area (Å²) in [5.41, 5.74) is -0.322. The molecule has 1 aliphatic rings. The molecular formula is C19H14N2O7. The molecule has 0 N–H and O–H groups in total. The van der Waals surface area contributed by atoms with E-state index in [0.29, 0.717) is 5.56 Å². The minimum atomic E-state index is -0.814. The minimum absolute atomic E-state index is 0.0626. The van der Waals surface area contributed by atoms with E-state index in [1.54, 1.807) is 0 Å². The zero-order chi connectivity index (χ0) is 20.4. The van der Waals surface area contributed by atoms with Crippen molar-refractivity contribution in [1.82, 2.24) is 4.90 Å². The number of benzene rings is 2. The lowest BCUT2D eigenvalue weighted by molar-refractivity contribution is -0.385. The van der Waals surface area contributed by atoms with Crippen LogP contribution < -0.4 is 4.74 Å². The van der Waals surface area contributed by atoms with Crippen LogP contribution in [0, 0.1) is 10.1 Å². The summed E-state index contributed by atoms with van der Waals surface area (Å²) in [6.07, 6.45) is -0.284. The first kappa shape index (κ1) is 18.9. The standard InChI is InChI=1S/C19H14N2O7/c1-11(22)12-5-7-13(8-6-12)28-16(23)9-10-20-18(24)14-3-2-4-15(21(26)27)17(14)19(20)25/h2-8H,9-10H2,1H3. The van der Waals surface area contributed by atoms with E-state index in [1.165, 1.54) is 43.3 Å². The first-order valence-corrected chi connectivity index (χ1v) is 8.25. The summed E-state index contributed by atoms with van der Waals surface area (Å²) < 4.78 is 5.11. The maximum atomic E-state index is 12.4. The van der Waals surface area contributed by atoms with Crippen LogP contribution in [-0.2, 0) is 4.79 Å². The molecule has 1 heterocycles. The van der Waals surface area contributed by atoms with E-state index in [4.69, 9.17) is 4.74 Å². The average molecular weight is 382 g/mol. The van der Waals surface area contributed by atoms with E-state index in [9.17, 15) is 29.3 Å². The molecule has 1 aliphatic heterocycles. The lowest BCUT2D eigenvalue weighted by atomic mass is 10.1. The molecule has 2 aromatic carbocycles. The summed E-state index contributed by atoms with van der Waals surface area (Å²) in [5, 5.41) is 11.1. The number of rotatable bonds is 6. The molecule has 0 aromatic heterocycles. The Balaban J connectivity index is 1.66. The van der Waals surface area contributed by atoms with Gasteiger partial charge in [-0.2, -0.15) is 0 Å². The van der Waals surface area contributed by atoms with Gasteiger partial charge in [-0.15, -0.1) is 0 Å². The normalized spacial score (nSPS) is 12.7. The number of ether oxygens (including phenoxy) is 1. The molecule has 0 radical (unpaired) electrons. The number of carbonyl (C=O) groups excluding carboxylic acids is 4. The quantitative estimate of drug-likeness (QED) is 0.188. The van der Waals surface area contributed by atoms with Gasteiger partial charge in [0, 0.05) is 18.2 Å². The zero-order valence-corrected chi connectivity index (χ0v) is 14.7. The van der Waals surface area contributed by atoms with Crippen LogP contribution >= 0.6 is 0 Å². The van der Waals surface area contributed by atoms with Gasteiger partial charge in [0.25, 0.3) is 17.5 Å². The highest BCUT2D eigenvalue weighted by Gasteiger charge is 2.40. The fourth-order valence-electron chi connectivity index (χ4n) is 2.81. The van der Waals surface area contributed by atoms with Crippen molar-refractivity contribution in [1.29, 1.82) is 0 Å². The van der Waals surface area contributed by atoms with E-state index in [2.05, 4.69) is 0 Å². The third kappa shape index (κ3) is 3.50. The molecule has 2 aromatic rings. The molecule has 0 spiro atoms. The fraction of sp³-hybridized carbons (Fsp3) is 0.158. The van der Waals surface area contributed by atoms with E-state index >= 15 is 0 Å². The molecule has 0 unspecified atom stereocenters. The van der Waals surface area contributed by atoms with Gasteiger partial charge < -0.3 is 4.74 Å². The Labute approximate surface area is 158 Å². The first-order valence-electron chi connectivity index (χ1n) is 8.25. The number of imide groups is 1. The molecule has 0 bridgehead atoms. The highest BCUT2D eigenvalue weighted by molar-refractivity contribution is 6.23. The SMILES string of the molecule is CC(=O)c1ccc(OC(=O)CCN2C(=O)c3cccc([N+](=O)[O-])c3C2=O)cc1. The van der Waals surface area contributed by atoms with Gasteiger partial charge in [0.2, 0.25) is 0 Å². The smallest absolute Gasteiger partial charge is 0.312 e. The van der Waals surface area contributed by atoms with E-state index in [1.807, 2.05) is 0 Å². The van der Waals surface area contributed by atoms with Gasteiger partial charge >= 0.3 is 5.97 Å². The monoisotopic (exact) mass is 382 g/mol. The Morgan fingerprint density at radius 1 is 1.07 bits per heavy atom. The number of ketones is 1. The predicted molar refractivity (Wildman–Crippen MR) is 95.2 cm³/mol. The number of nitrogens with zero attached hydrogens (tertiary/aromatic N) is 2. The molecule has 9 heteroatoms. The van der Waals surface area contributed by atoms with Crippen molar-refractivity contribution in [2.75, 3.05) is 6.54 Å². The summed E-state index contributed by atoms with van der Waals surface area (Å²) in [7, 11) is 0. The Morgan fingerprint density at radius 3 is 2.36 bits per heavy atom. The lowest BCUT2D eigenvalue weighted by Crippen LogP contribution is -2.32. The van der Waals surface area contributed by atoms with Crippen LogP contribution in [0.3, 0.4) is 0 Å². The van der Waals surface area contributed by atoms with Crippen molar-refractivity contribution in [2.45, 2.75) is 13.3 Å². The number of nitro groups is 1. The van der Waals surface area contributed by atoms with Crippen molar-refractivity contribution < 1.29 is 28.8 Å². The number of nitro benzene ring substituents is 1. The maximum absolute atomic E-state index is 12.4. The van der Waals surface area contributed by atoms with Gasteiger partial charge in [-0.25, -0.2) is 0 Å². The number of Topliss-reactive ketones (excluding diaryl/α,β-unsaturated/α-hetero) is 1. The van der Waals surface area contributed by atoms with E-state index in [0.717, 1.165) is 11.0 Å². The lowest BCUT2D eigenvalue weighted by Gasteiger charge is -2.13. The minimum Gasteiger partial charge on any atom is -0.426 e. The third-order valence-corrected chi connectivity index (χ3v) is 4.21. The Hall–Kier alpha value is -3.88. The van der Waals surface area contributed by atoms with Crippen molar-refractivity contribution in [3.05, 3.63) is 69.3 Å². The molecule has 0 saturated heterocycles. The van der Waals surface area contributed by atoms with Crippen LogP contribution in [0.25, 0.3) is 0 Å². The first-order chi connectivity index (χ1) is 13.3. The molecular weight excluding hydrogens is 368 g/mol. The molecule has 0 saturated carbocycles. The van der Waals surface area contributed by atoms with Gasteiger partial charge in [-0.1, -0.05) is 6.07 Å². The second-order valence-corrected chi connectivity index (χ2v) is 6.02. The van der Waals surface area contributed by atoms with Gasteiger partial charge in [0.1, 0.15) is 11.3 Å². The molecule has 9 nitrogen and oxygen atoms in total. The van der Waals surface area contributed by atoms with E-state index < -0.39 is 28.4 Å². The number of amides is 2. The molecule has 3 rings (SSSR count). The summed E-state index contributed by atoms with van der Waals surface area (Å²) in [6, 6.07) is 9.73. The fourth-order valence-corrected chi connectivity index (χ4v) is 2.81. The van der Waals surface area contributed by atoms with Gasteiger partial charge in [0.05, 0.1) is 16.9 Å². The third-order valence-electron chi connectivity index (χ3n) is 4.21. The van der Waals surface area contributed by atoms with Crippen LogP contribution in [0.1, 0.15) is 44.4 Å². The van der Waals surface area contributed by atoms with Gasteiger partial charge in [-0.3, -0.25) is 34.2 Å². The molecule has 28 heavy (non-hydrogen) atoms. The zero-order valence-electron chi connectivity index (χ0n) is 14.7. The van der Waals surface area contributed by atoms with Crippen LogP contribution in [0.5, 0.6) is 5.75 Å². The van der Waals surface area contributed by atoms with Crippen LogP contribution in [0.4, 0.5) is 5.69 Å². The van der Waals surface area contributed by atoms with Crippen LogP contribution in [0.2, 0.25) is 0 Å². The second-order valence-electron chi connectivity index (χ2n) is 6.02. The summed E-state index contributed by atoms with van der Waals surface area (Å²) in [6.45, 7) is 1.14. The predicted octanol–water partition coefficient (Wildman–Crippen LogP) is 2.39. The van der Waals surface area contributed by atoms with Crippen LogP contribution in [0.15, 0.2) is 42.5 Å². The van der Waals surface area contributed by atoms with Crippen molar-refractivity contribution >= 4 is 29.3 Å². The van der Waals surface area contributed by atoms with Gasteiger partial charge in [0.15, 0.2) is 5.78 Å². The van der Waals surface area contributed by atoms with Gasteiger partial charge in [-0.05, 0) is 37.3 Å². The average Bonchev–Trinajstić information content (AvgIpc) is 2.91. The van der Waals surface area contributed by atoms with Crippen molar-refractivity contribution in [3.8, 4) is 5.75 Å². The molecule has 142 valence electrons. The summed E-state index contributed by atoms with van der Waals surface area (Å²) >= 11 is 0. The van der Waals surface area contributed by atoms with Crippen molar-refractivity contribution in [3.63, 3.8) is 0 Å². The Kier molecular flexibility index (Phi) is 4.99. The largest absolute Gasteiger partial charge is 0.426 e. The number of esters is 1. The maximum Gasteiger partial charge on any atom is 0.312 e. The summed E-state index contributed by atoms with van der Waals surface area (Å²) in [5.74, 6) is -2.11. The number of carbonyl (C=O) groups is 4. The Bertz CT molecular complexity index is 1010. The number of hydrogen-bond acceptors (Lipinski definition) is 7. The highest BCUT2D eigenvalue weighted by atomic mass is 16.6. The van der Waals surface area contributed by atoms with Crippen molar-refractivity contribution in [2.24, 2.45) is 0 Å². The Morgan fingerprint density at radius 2 is 1.75 bits per heavy atom. The topological polar surface area (TPSA) is 124 Å². The van der Waals surface area contributed by atoms with E-state index in [-0.39, 0.29) is 35.6 Å². The van der Waals surface area contributed by atoms with Crippen LogP contribution in [-0.4, -0.2) is 39.9 Å². The number of hydrogen-bond donors (Lipinski definition) is 0. The summed E-state index contributed by atoms with van der Waals surface area (Å²) in [4.78, 5) is 59.1. The molecule has 0 aliphatic carbocycles. The molecule has 2 amide bonds. The second kappa shape index (κ2) is 7.39. The highest BCUT2D eigenvalue weighted by Crippen LogP contribution is 2.30. The molecule has 0 fully saturated rings. The molecule has 0 atom stereocenters.